The molecule has 0 saturated carbocycles. The number of nitrogens with one attached hydrogen (secondary N) is 1. The molecule has 1 N–H and O–H groups in total. The van der Waals surface area contributed by atoms with E-state index in [1.54, 1.807) is 39.0 Å². The summed E-state index contributed by atoms with van der Waals surface area (Å²) in [6, 6.07) is 6.68. The van der Waals surface area contributed by atoms with Gasteiger partial charge in [-0.05, 0) is 52.8 Å². The van der Waals surface area contributed by atoms with Gasteiger partial charge in [-0.3, -0.25) is 0 Å². The number of fused-ring (bicyclic) bond motifs is 1. The number of hydrogen-bond acceptors (Lipinski definition) is 4. The van der Waals surface area contributed by atoms with Gasteiger partial charge in [0.05, 0.1) is 23.1 Å². The minimum Gasteiger partial charge on any atom is -0.485 e. The third-order valence-electron chi connectivity index (χ3n) is 3.52. The molecule has 124 valence electrons. The van der Waals surface area contributed by atoms with Crippen LogP contribution in [0.2, 0.25) is 0 Å². The van der Waals surface area contributed by atoms with Crippen LogP contribution in [0.25, 0.3) is 0 Å². The van der Waals surface area contributed by atoms with Crippen LogP contribution in [0.3, 0.4) is 0 Å². The van der Waals surface area contributed by atoms with Gasteiger partial charge in [-0.25, -0.2) is 4.79 Å². The van der Waals surface area contributed by atoms with E-state index in [0.717, 1.165) is 0 Å². The van der Waals surface area contributed by atoms with Gasteiger partial charge in [-0.2, -0.15) is 5.26 Å². The monoisotopic (exact) mass is 336 g/mol. The highest BCUT2D eigenvalue weighted by Gasteiger charge is 2.44. The number of amides is 1. The first-order valence-corrected chi connectivity index (χ1v) is 7.84. The van der Waals surface area contributed by atoms with Crippen molar-refractivity contribution in [1.29, 1.82) is 5.26 Å². The van der Waals surface area contributed by atoms with Crippen molar-refractivity contribution < 1.29 is 14.3 Å². The minimum absolute atomic E-state index is 0.494. The van der Waals surface area contributed by atoms with Crippen LogP contribution >= 0.6 is 11.6 Å². The second-order valence-electron chi connectivity index (χ2n) is 7.10. The van der Waals surface area contributed by atoms with E-state index in [4.69, 9.17) is 26.3 Å². The zero-order valence-corrected chi connectivity index (χ0v) is 14.7. The van der Waals surface area contributed by atoms with Crippen LogP contribution in [0.5, 0.6) is 5.75 Å². The summed E-state index contributed by atoms with van der Waals surface area (Å²) in [4.78, 5) is 12.1. The van der Waals surface area contributed by atoms with Crippen LogP contribution in [0, 0.1) is 11.3 Å². The number of alkyl carbamates (subject to hydrolysis) is 1. The Bertz CT molecular complexity index is 659. The fraction of sp³-hybridized carbons (Fsp3) is 0.529. The maximum absolute atomic E-state index is 12.1. The highest BCUT2D eigenvalue weighted by atomic mass is 35.5. The number of carbonyl (C=O) groups excluding carboxylic acids is 1. The molecular weight excluding hydrogens is 316 g/mol. The number of hydrogen-bond donors (Lipinski definition) is 1. The van der Waals surface area contributed by atoms with Gasteiger partial charge in [0.15, 0.2) is 0 Å². The van der Waals surface area contributed by atoms with E-state index in [9.17, 15) is 4.79 Å². The third-order valence-corrected chi connectivity index (χ3v) is 4.01. The smallest absolute Gasteiger partial charge is 0.408 e. The second kappa shape index (κ2) is 5.93. The van der Waals surface area contributed by atoms with Crippen molar-refractivity contribution in [3.8, 4) is 11.8 Å². The summed E-state index contributed by atoms with van der Waals surface area (Å²) < 4.78 is 11.3. The minimum atomic E-state index is -0.718. The van der Waals surface area contributed by atoms with Gasteiger partial charge in [0, 0.05) is 5.56 Å². The number of ether oxygens (including phenoxy) is 2. The molecule has 0 fully saturated rings. The van der Waals surface area contributed by atoms with Gasteiger partial charge in [0.2, 0.25) is 0 Å². The van der Waals surface area contributed by atoms with Crippen LogP contribution < -0.4 is 10.1 Å². The van der Waals surface area contributed by atoms with Crippen LogP contribution in [0.15, 0.2) is 18.2 Å². The Labute approximate surface area is 141 Å². The number of carbonyl (C=O) groups is 1. The third kappa shape index (κ3) is 3.89. The number of benzene rings is 1. The Morgan fingerprint density at radius 2 is 2.09 bits per heavy atom. The van der Waals surface area contributed by atoms with Crippen molar-refractivity contribution in [2.75, 3.05) is 0 Å². The molecule has 1 aromatic carbocycles. The van der Waals surface area contributed by atoms with E-state index in [1.165, 1.54) is 0 Å². The number of alkyl halides is 1. The van der Waals surface area contributed by atoms with Gasteiger partial charge >= 0.3 is 6.09 Å². The molecule has 1 heterocycles. The molecule has 0 bridgehead atoms. The zero-order valence-electron chi connectivity index (χ0n) is 13.9. The van der Waals surface area contributed by atoms with E-state index in [2.05, 4.69) is 11.4 Å². The average Bonchev–Trinajstić information content (AvgIpc) is 2.41. The molecule has 5 nitrogen and oxygen atoms in total. The van der Waals surface area contributed by atoms with Crippen molar-refractivity contribution in [2.45, 2.75) is 57.2 Å². The lowest BCUT2D eigenvalue weighted by molar-refractivity contribution is 0.0207. The van der Waals surface area contributed by atoms with Gasteiger partial charge in [-0.15, -0.1) is 11.6 Å². The normalized spacial score (nSPS) is 22.3. The second-order valence-corrected chi connectivity index (χ2v) is 7.57. The van der Waals surface area contributed by atoms with Crippen molar-refractivity contribution in [3.63, 3.8) is 0 Å². The Balaban J connectivity index is 2.29. The molecule has 6 heteroatoms. The van der Waals surface area contributed by atoms with Crippen LogP contribution in [0.1, 0.15) is 51.1 Å². The van der Waals surface area contributed by atoms with Crippen LogP contribution in [0.4, 0.5) is 4.79 Å². The van der Waals surface area contributed by atoms with E-state index >= 15 is 0 Å². The standard InChI is InChI=1S/C17H21ClN2O3/c1-16(2,3)23-15(21)20-14-13(18)11-8-10(9-19)6-7-12(11)22-17(14,4)5/h6-8,13-14H,1-5H3,(H,20,21)/t13-,14+/m1/s1. The maximum atomic E-state index is 12.1. The Morgan fingerprint density at radius 3 is 2.65 bits per heavy atom. The van der Waals surface area contributed by atoms with Crippen LogP contribution in [-0.4, -0.2) is 23.3 Å². The fourth-order valence-electron chi connectivity index (χ4n) is 2.49. The largest absolute Gasteiger partial charge is 0.485 e. The zero-order chi connectivity index (χ0) is 17.4. The molecule has 0 radical (unpaired) electrons. The summed E-state index contributed by atoms with van der Waals surface area (Å²) in [5.41, 5.74) is -0.137. The van der Waals surface area contributed by atoms with Gasteiger partial charge in [-0.1, -0.05) is 0 Å². The summed E-state index contributed by atoms with van der Waals surface area (Å²) in [7, 11) is 0. The predicted molar refractivity (Wildman–Crippen MR) is 87.6 cm³/mol. The predicted octanol–water partition coefficient (Wildman–Crippen LogP) is 3.90. The lowest BCUT2D eigenvalue weighted by atomic mass is 9.87. The molecular formula is C17H21ClN2O3. The highest BCUT2D eigenvalue weighted by molar-refractivity contribution is 6.21. The summed E-state index contributed by atoms with van der Waals surface area (Å²) in [6.07, 6.45) is -0.551. The number of rotatable bonds is 1. The molecule has 2 rings (SSSR count). The maximum Gasteiger partial charge on any atom is 0.408 e. The summed E-state index contributed by atoms with van der Waals surface area (Å²) in [5, 5.41) is 11.3. The van der Waals surface area contributed by atoms with Gasteiger partial charge in [0.1, 0.15) is 17.0 Å². The summed E-state index contributed by atoms with van der Waals surface area (Å²) in [6.45, 7) is 9.09. The molecule has 2 atom stereocenters. The van der Waals surface area contributed by atoms with Gasteiger partial charge < -0.3 is 14.8 Å². The quantitative estimate of drug-likeness (QED) is 0.789. The first-order chi connectivity index (χ1) is 10.5. The molecule has 1 aromatic rings. The topological polar surface area (TPSA) is 71.3 Å². The number of nitrogens with zero attached hydrogens (tertiary/aromatic N) is 1. The van der Waals surface area contributed by atoms with E-state index in [0.29, 0.717) is 16.9 Å². The lowest BCUT2D eigenvalue weighted by Crippen LogP contribution is -2.57. The molecule has 23 heavy (non-hydrogen) atoms. The van der Waals surface area contributed by atoms with E-state index in [1.807, 2.05) is 13.8 Å². The SMILES string of the molecule is CC(C)(C)OC(=O)N[C@H]1[C@H](Cl)c2cc(C#N)ccc2OC1(C)C. The van der Waals surface area contributed by atoms with Gasteiger partial charge in [0.25, 0.3) is 0 Å². The van der Waals surface area contributed by atoms with Crippen molar-refractivity contribution >= 4 is 17.7 Å². The molecule has 1 aliphatic rings. The molecule has 0 aliphatic carbocycles. The van der Waals surface area contributed by atoms with Crippen molar-refractivity contribution in [1.82, 2.24) is 5.32 Å². The first-order valence-electron chi connectivity index (χ1n) is 7.40. The molecule has 0 spiro atoms. The molecule has 0 unspecified atom stereocenters. The first kappa shape index (κ1) is 17.4. The average molecular weight is 337 g/mol. The number of nitriles is 1. The highest BCUT2D eigenvalue weighted by Crippen LogP contribution is 2.43. The lowest BCUT2D eigenvalue weighted by Gasteiger charge is -2.43. The molecule has 1 amide bonds. The van der Waals surface area contributed by atoms with Crippen LogP contribution in [-0.2, 0) is 4.74 Å². The molecule has 0 saturated heterocycles. The Hall–Kier alpha value is -1.93. The van der Waals surface area contributed by atoms with E-state index in [-0.39, 0.29) is 0 Å². The van der Waals surface area contributed by atoms with E-state index < -0.39 is 28.7 Å². The summed E-state index contributed by atoms with van der Waals surface area (Å²) >= 11 is 6.58. The number of halogens is 1. The van der Waals surface area contributed by atoms with Crippen molar-refractivity contribution in [2.24, 2.45) is 0 Å². The molecule has 1 aliphatic heterocycles. The Morgan fingerprint density at radius 1 is 1.43 bits per heavy atom. The summed E-state index contributed by atoms with van der Waals surface area (Å²) in [5.74, 6) is 0.622. The Kier molecular flexibility index (Phi) is 4.50. The molecule has 0 aromatic heterocycles. The van der Waals surface area contributed by atoms with Crippen molar-refractivity contribution in [3.05, 3.63) is 29.3 Å². The fourth-order valence-corrected chi connectivity index (χ4v) is 3.02.